The van der Waals surface area contributed by atoms with E-state index in [0.717, 1.165) is 21.3 Å². The molecular formula is C6H8Br4. The van der Waals surface area contributed by atoms with Gasteiger partial charge in [-0.2, -0.15) is 0 Å². The molecule has 0 amide bonds. The molecule has 0 fully saturated rings. The van der Waals surface area contributed by atoms with Gasteiger partial charge in [0.25, 0.3) is 0 Å². The summed E-state index contributed by atoms with van der Waals surface area (Å²) >= 11 is 13.7. The normalized spacial score (nSPS) is 9.60. The van der Waals surface area contributed by atoms with Crippen molar-refractivity contribution in [3.63, 3.8) is 0 Å². The highest BCUT2D eigenvalue weighted by atomic mass is 79.9. The molecule has 0 aromatic carbocycles. The molecular weight excluding hydrogens is 392 g/mol. The Morgan fingerprint density at radius 1 is 0.600 bits per heavy atom. The highest BCUT2D eigenvalue weighted by Gasteiger charge is 2.00. The summed E-state index contributed by atoms with van der Waals surface area (Å²) in [4.78, 5) is 0. The second kappa shape index (κ2) is 7.32. The zero-order chi connectivity index (χ0) is 7.98. The molecule has 0 aliphatic carbocycles. The highest BCUT2D eigenvalue weighted by molar-refractivity contribution is 9.10. The van der Waals surface area contributed by atoms with E-state index >= 15 is 0 Å². The standard InChI is InChI=1S/C6H8Br4/c7-1-5(2-8)6(3-9)4-10/h1-4H2. The predicted molar refractivity (Wildman–Crippen MR) is 62.2 cm³/mol. The van der Waals surface area contributed by atoms with Gasteiger partial charge in [-0.25, -0.2) is 0 Å². The van der Waals surface area contributed by atoms with Gasteiger partial charge in [0.15, 0.2) is 0 Å². The Morgan fingerprint density at radius 3 is 0.900 bits per heavy atom. The minimum Gasteiger partial charge on any atom is -0.0880 e. The number of rotatable bonds is 4. The maximum Gasteiger partial charge on any atom is 0.0253 e. The Balaban J connectivity index is 4.20. The lowest BCUT2D eigenvalue weighted by molar-refractivity contribution is 1.30. The van der Waals surface area contributed by atoms with E-state index in [9.17, 15) is 0 Å². The minimum absolute atomic E-state index is 0.949. The Labute approximate surface area is 95.3 Å². The van der Waals surface area contributed by atoms with Crippen molar-refractivity contribution in [3.8, 4) is 0 Å². The van der Waals surface area contributed by atoms with Gasteiger partial charge in [-0.05, 0) is 11.1 Å². The number of alkyl halides is 4. The SMILES string of the molecule is BrCC(CBr)=C(CBr)CBr. The van der Waals surface area contributed by atoms with E-state index in [-0.39, 0.29) is 0 Å². The molecule has 0 radical (unpaired) electrons. The van der Waals surface area contributed by atoms with Crippen LogP contribution in [-0.4, -0.2) is 21.3 Å². The maximum atomic E-state index is 3.43. The van der Waals surface area contributed by atoms with Crippen LogP contribution in [0.15, 0.2) is 11.1 Å². The first-order valence-electron chi connectivity index (χ1n) is 2.73. The Morgan fingerprint density at radius 2 is 0.800 bits per heavy atom. The van der Waals surface area contributed by atoms with E-state index in [1.165, 1.54) is 11.1 Å². The summed E-state index contributed by atoms with van der Waals surface area (Å²) in [6, 6.07) is 0. The zero-order valence-electron chi connectivity index (χ0n) is 5.34. The molecule has 0 aliphatic heterocycles. The van der Waals surface area contributed by atoms with Crippen molar-refractivity contribution in [1.82, 2.24) is 0 Å². The predicted octanol–water partition coefficient (Wildman–Crippen LogP) is 3.86. The Bertz CT molecular complexity index is 92.9. The molecule has 0 bridgehead atoms. The van der Waals surface area contributed by atoms with Gasteiger partial charge in [0.05, 0.1) is 0 Å². The van der Waals surface area contributed by atoms with Gasteiger partial charge in [0.1, 0.15) is 0 Å². The first-order chi connectivity index (χ1) is 4.79. The van der Waals surface area contributed by atoms with E-state index in [4.69, 9.17) is 0 Å². The van der Waals surface area contributed by atoms with Crippen molar-refractivity contribution in [2.75, 3.05) is 21.3 Å². The van der Waals surface area contributed by atoms with E-state index in [1.807, 2.05) is 0 Å². The van der Waals surface area contributed by atoms with Crippen LogP contribution in [0.4, 0.5) is 0 Å². The fourth-order valence-electron chi connectivity index (χ4n) is 0.449. The molecule has 60 valence electrons. The van der Waals surface area contributed by atoms with Gasteiger partial charge >= 0.3 is 0 Å². The van der Waals surface area contributed by atoms with Crippen LogP contribution in [-0.2, 0) is 0 Å². The van der Waals surface area contributed by atoms with Crippen molar-refractivity contribution >= 4 is 63.7 Å². The first-order valence-corrected chi connectivity index (χ1v) is 7.22. The molecule has 0 rings (SSSR count). The molecule has 0 spiro atoms. The molecule has 0 saturated carbocycles. The third kappa shape index (κ3) is 3.88. The summed E-state index contributed by atoms with van der Waals surface area (Å²) in [7, 11) is 0. The van der Waals surface area contributed by atoms with Crippen LogP contribution in [0.1, 0.15) is 0 Å². The molecule has 0 unspecified atom stereocenters. The van der Waals surface area contributed by atoms with Crippen LogP contribution in [0.3, 0.4) is 0 Å². The molecule has 0 aromatic rings. The van der Waals surface area contributed by atoms with Crippen LogP contribution in [0.5, 0.6) is 0 Å². The molecule has 0 heterocycles. The van der Waals surface area contributed by atoms with Crippen molar-refractivity contribution in [3.05, 3.63) is 11.1 Å². The smallest absolute Gasteiger partial charge is 0.0253 e. The second-order valence-corrected chi connectivity index (χ2v) is 3.98. The summed E-state index contributed by atoms with van der Waals surface area (Å²) < 4.78 is 0. The monoisotopic (exact) mass is 396 g/mol. The summed E-state index contributed by atoms with van der Waals surface area (Å²) in [6.45, 7) is 0. The van der Waals surface area contributed by atoms with E-state index < -0.39 is 0 Å². The lowest BCUT2D eigenvalue weighted by Crippen LogP contribution is -1.97. The summed E-state index contributed by atoms with van der Waals surface area (Å²) in [5.74, 6) is 0. The fourth-order valence-corrected chi connectivity index (χ4v) is 3.89. The van der Waals surface area contributed by atoms with E-state index in [1.54, 1.807) is 0 Å². The molecule has 0 aromatic heterocycles. The Kier molecular flexibility index (Phi) is 8.53. The quantitative estimate of drug-likeness (QED) is 0.497. The summed E-state index contributed by atoms with van der Waals surface area (Å²) in [6.07, 6.45) is 0. The molecule has 10 heavy (non-hydrogen) atoms. The van der Waals surface area contributed by atoms with Gasteiger partial charge in [0, 0.05) is 21.3 Å². The lowest BCUT2D eigenvalue weighted by atomic mass is 10.2. The molecule has 4 heteroatoms. The Hall–Kier alpha value is 1.66. The number of allylic oxidation sites excluding steroid dienone is 2. The molecule has 0 aliphatic rings. The fraction of sp³-hybridized carbons (Fsp3) is 0.667. The van der Waals surface area contributed by atoms with Crippen molar-refractivity contribution in [2.45, 2.75) is 0 Å². The van der Waals surface area contributed by atoms with Gasteiger partial charge in [-0.15, -0.1) is 0 Å². The van der Waals surface area contributed by atoms with Crippen LogP contribution < -0.4 is 0 Å². The molecule has 0 nitrogen and oxygen atoms in total. The largest absolute Gasteiger partial charge is 0.0880 e. The summed E-state index contributed by atoms with van der Waals surface area (Å²) in [5.41, 5.74) is 2.82. The van der Waals surface area contributed by atoms with Crippen LogP contribution in [0, 0.1) is 0 Å². The number of hydrogen-bond donors (Lipinski definition) is 0. The maximum absolute atomic E-state index is 3.43. The van der Waals surface area contributed by atoms with E-state index in [2.05, 4.69) is 63.7 Å². The average molecular weight is 400 g/mol. The minimum atomic E-state index is 0.949. The van der Waals surface area contributed by atoms with Crippen LogP contribution in [0.2, 0.25) is 0 Å². The first kappa shape index (κ1) is 11.7. The third-order valence-corrected chi connectivity index (χ3v) is 3.85. The van der Waals surface area contributed by atoms with Gasteiger partial charge in [0.2, 0.25) is 0 Å². The van der Waals surface area contributed by atoms with Crippen molar-refractivity contribution < 1.29 is 0 Å². The van der Waals surface area contributed by atoms with Crippen molar-refractivity contribution in [2.24, 2.45) is 0 Å². The third-order valence-electron chi connectivity index (χ3n) is 1.15. The van der Waals surface area contributed by atoms with Crippen LogP contribution >= 0.6 is 63.7 Å². The number of halogens is 4. The highest BCUT2D eigenvalue weighted by Crippen LogP contribution is 2.14. The number of hydrogen-bond acceptors (Lipinski definition) is 0. The zero-order valence-corrected chi connectivity index (χ0v) is 11.7. The molecule has 0 atom stereocenters. The van der Waals surface area contributed by atoms with Crippen LogP contribution in [0.25, 0.3) is 0 Å². The molecule has 0 N–H and O–H groups in total. The van der Waals surface area contributed by atoms with Gasteiger partial charge < -0.3 is 0 Å². The van der Waals surface area contributed by atoms with Gasteiger partial charge in [-0.1, -0.05) is 63.7 Å². The summed E-state index contributed by atoms with van der Waals surface area (Å²) in [5, 5.41) is 3.80. The lowest BCUT2D eigenvalue weighted by Gasteiger charge is -2.04. The van der Waals surface area contributed by atoms with Crippen molar-refractivity contribution in [1.29, 1.82) is 0 Å². The second-order valence-electron chi connectivity index (χ2n) is 1.74. The van der Waals surface area contributed by atoms with E-state index in [0.29, 0.717) is 0 Å². The average Bonchev–Trinajstić information content (AvgIpc) is 2.00. The topological polar surface area (TPSA) is 0 Å². The molecule has 0 saturated heterocycles. The van der Waals surface area contributed by atoms with Gasteiger partial charge in [-0.3, -0.25) is 0 Å².